The van der Waals surface area contributed by atoms with E-state index >= 15 is 0 Å². The highest BCUT2D eigenvalue weighted by Crippen LogP contribution is 2.35. The number of likely N-dealkylation sites (N-methyl/N-ethyl adjacent to an activating group) is 1. The quantitative estimate of drug-likeness (QED) is 0.410. The minimum atomic E-state index is -4.43. The maximum atomic E-state index is 13.0. The van der Waals surface area contributed by atoms with E-state index in [9.17, 15) is 22.8 Å². The van der Waals surface area contributed by atoms with Crippen molar-refractivity contribution < 1.29 is 22.8 Å². The van der Waals surface area contributed by atoms with Gasteiger partial charge in [0.2, 0.25) is 11.9 Å². The molecule has 3 heterocycles. The first kappa shape index (κ1) is 25.0. The van der Waals surface area contributed by atoms with Crippen molar-refractivity contribution in [2.45, 2.75) is 6.18 Å². The van der Waals surface area contributed by atoms with E-state index in [1.54, 1.807) is 34.7 Å². The Balaban J connectivity index is 1.29. The van der Waals surface area contributed by atoms with Crippen LogP contribution in [0.3, 0.4) is 0 Å². The number of fused-ring (bicyclic) bond motifs is 2. The molecule has 0 atom stereocenters. The molecule has 13 heteroatoms. The number of benzene rings is 2. The molecule has 2 amide bonds. The van der Waals surface area contributed by atoms with Crippen molar-refractivity contribution in [2.24, 2.45) is 7.05 Å². The van der Waals surface area contributed by atoms with Crippen LogP contribution in [0, 0.1) is 0 Å². The number of hydrogen-bond acceptors (Lipinski definition) is 7. The third kappa shape index (κ3) is 5.23. The van der Waals surface area contributed by atoms with Crippen LogP contribution in [0.15, 0.2) is 36.4 Å². The summed E-state index contributed by atoms with van der Waals surface area (Å²) in [6, 6.07) is 8.45. The molecule has 0 bridgehead atoms. The van der Waals surface area contributed by atoms with E-state index in [0.29, 0.717) is 45.5 Å². The number of nitrogens with one attached hydrogen (secondary N) is 2. The summed E-state index contributed by atoms with van der Waals surface area (Å²) in [6.07, 6.45) is -4.43. The number of nitrogens with zero attached hydrogens (tertiary/aromatic N) is 5. The molecular weight excluding hydrogens is 507 g/mol. The lowest BCUT2D eigenvalue weighted by Gasteiger charge is -2.32. The van der Waals surface area contributed by atoms with Crippen LogP contribution in [0.25, 0.3) is 21.3 Å². The van der Waals surface area contributed by atoms with Crippen LogP contribution in [0.1, 0.15) is 15.9 Å². The highest BCUT2D eigenvalue weighted by Gasteiger charge is 2.30. The number of aromatic nitrogens is 3. The number of hydrogen-bond donors (Lipinski definition) is 2. The maximum absolute atomic E-state index is 13.0. The van der Waals surface area contributed by atoms with Gasteiger partial charge in [-0.1, -0.05) is 11.3 Å². The van der Waals surface area contributed by atoms with Crippen LogP contribution in [-0.4, -0.2) is 75.9 Å². The number of aryl methyl sites for hydroxylation is 1. The Morgan fingerprint density at radius 2 is 1.76 bits per heavy atom. The van der Waals surface area contributed by atoms with Gasteiger partial charge in [-0.3, -0.25) is 9.59 Å². The Morgan fingerprint density at radius 3 is 2.49 bits per heavy atom. The first-order valence-electron chi connectivity index (χ1n) is 11.5. The molecule has 194 valence electrons. The molecule has 0 unspecified atom stereocenters. The van der Waals surface area contributed by atoms with Crippen molar-refractivity contribution in [1.29, 1.82) is 0 Å². The number of anilines is 2. The van der Waals surface area contributed by atoms with Crippen LogP contribution in [0.4, 0.5) is 24.3 Å². The maximum Gasteiger partial charge on any atom is 0.416 e. The Morgan fingerprint density at radius 1 is 1.00 bits per heavy atom. The molecule has 0 spiro atoms. The van der Waals surface area contributed by atoms with Crippen molar-refractivity contribution in [1.82, 2.24) is 29.7 Å². The van der Waals surface area contributed by atoms with Crippen molar-refractivity contribution in [3.05, 3.63) is 47.5 Å². The fourth-order valence-electron chi connectivity index (χ4n) is 4.13. The molecule has 2 aromatic carbocycles. The smallest absolute Gasteiger partial charge is 0.343 e. The van der Waals surface area contributed by atoms with Crippen LogP contribution < -0.4 is 10.6 Å². The fraction of sp³-hybridized carbons (Fsp3) is 0.333. The number of imidazole rings is 1. The van der Waals surface area contributed by atoms with Gasteiger partial charge in [-0.05, 0) is 43.4 Å². The zero-order chi connectivity index (χ0) is 26.3. The molecule has 9 nitrogen and oxygen atoms in total. The van der Waals surface area contributed by atoms with E-state index in [1.165, 1.54) is 6.07 Å². The van der Waals surface area contributed by atoms with Gasteiger partial charge in [-0.15, -0.1) is 0 Å². The van der Waals surface area contributed by atoms with Crippen LogP contribution >= 0.6 is 11.3 Å². The number of halogens is 3. The third-order valence-corrected chi connectivity index (χ3v) is 7.27. The van der Waals surface area contributed by atoms with Crippen LogP contribution in [-0.2, 0) is 18.0 Å². The number of amides is 2. The molecule has 1 aliphatic rings. The number of carbonyl (C=O) groups excluding carboxylic acids is 2. The normalized spacial score (nSPS) is 14.9. The second kappa shape index (κ2) is 9.63. The molecule has 0 radical (unpaired) electrons. The minimum Gasteiger partial charge on any atom is -0.343 e. The van der Waals surface area contributed by atoms with E-state index in [0.717, 1.165) is 42.1 Å². The van der Waals surface area contributed by atoms with E-state index < -0.39 is 11.7 Å². The lowest BCUT2D eigenvalue weighted by molar-refractivity contribution is -0.137. The minimum absolute atomic E-state index is 0.0801. The first-order valence-corrected chi connectivity index (χ1v) is 12.4. The zero-order valence-corrected chi connectivity index (χ0v) is 20.9. The predicted octanol–water partition coefficient (Wildman–Crippen LogP) is 3.45. The number of alkyl halides is 3. The highest BCUT2D eigenvalue weighted by atomic mass is 32.1. The Kier molecular flexibility index (Phi) is 6.50. The van der Waals surface area contributed by atoms with Crippen LogP contribution in [0.5, 0.6) is 0 Å². The van der Waals surface area contributed by atoms with Gasteiger partial charge in [-0.25, -0.2) is 9.97 Å². The van der Waals surface area contributed by atoms with Gasteiger partial charge in [-0.2, -0.15) is 13.2 Å². The largest absolute Gasteiger partial charge is 0.416 e. The molecule has 1 fully saturated rings. The molecule has 1 saturated heterocycles. The molecule has 0 saturated carbocycles. The Bertz CT molecular complexity index is 1490. The zero-order valence-electron chi connectivity index (χ0n) is 20.1. The average molecular weight is 532 g/mol. The summed E-state index contributed by atoms with van der Waals surface area (Å²) in [5.41, 5.74) is 1.37. The first-order chi connectivity index (χ1) is 17.6. The van der Waals surface area contributed by atoms with Crippen molar-refractivity contribution in [3.8, 4) is 0 Å². The average Bonchev–Trinajstić information content (AvgIpc) is 3.41. The monoisotopic (exact) mass is 531 g/mol. The van der Waals surface area contributed by atoms with Gasteiger partial charge in [0.15, 0.2) is 5.13 Å². The van der Waals surface area contributed by atoms with Gasteiger partial charge in [0, 0.05) is 38.8 Å². The molecule has 1 aliphatic heterocycles. The fourth-order valence-corrected chi connectivity index (χ4v) is 5.03. The van der Waals surface area contributed by atoms with Gasteiger partial charge in [0.05, 0.1) is 33.4 Å². The van der Waals surface area contributed by atoms with Gasteiger partial charge in [0.25, 0.3) is 5.91 Å². The molecule has 0 aliphatic carbocycles. The number of thiazole rings is 1. The van der Waals surface area contributed by atoms with Crippen LogP contribution in [0.2, 0.25) is 0 Å². The van der Waals surface area contributed by atoms with E-state index in [1.807, 2.05) is 7.05 Å². The number of rotatable bonds is 5. The van der Waals surface area contributed by atoms with Gasteiger partial charge < -0.3 is 25.0 Å². The topological polar surface area (TPSA) is 95.4 Å². The summed E-state index contributed by atoms with van der Waals surface area (Å²) in [4.78, 5) is 37.9. The molecule has 2 aromatic heterocycles. The number of piperazine rings is 1. The Labute approximate surface area is 213 Å². The van der Waals surface area contributed by atoms with E-state index in [2.05, 4.69) is 25.5 Å². The highest BCUT2D eigenvalue weighted by molar-refractivity contribution is 7.22. The van der Waals surface area contributed by atoms with Gasteiger partial charge in [0.1, 0.15) is 0 Å². The molecule has 37 heavy (non-hydrogen) atoms. The molecule has 5 rings (SSSR count). The predicted molar refractivity (Wildman–Crippen MR) is 135 cm³/mol. The summed E-state index contributed by atoms with van der Waals surface area (Å²) >= 11 is 1.09. The summed E-state index contributed by atoms with van der Waals surface area (Å²) in [6.45, 7) is 2.80. The molecular formula is C24H24F3N7O2S. The summed E-state index contributed by atoms with van der Waals surface area (Å²) in [5, 5.41) is 6.14. The lowest BCUT2D eigenvalue weighted by atomic mass is 10.2. The summed E-state index contributed by atoms with van der Waals surface area (Å²) in [5.74, 6) is -0.0749. The summed E-state index contributed by atoms with van der Waals surface area (Å²) < 4.78 is 41.2. The molecule has 2 N–H and O–H groups in total. The van der Waals surface area contributed by atoms with Crippen molar-refractivity contribution in [2.75, 3.05) is 45.1 Å². The van der Waals surface area contributed by atoms with E-state index in [-0.39, 0.29) is 18.4 Å². The van der Waals surface area contributed by atoms with Crippen molar-refractivity contribution >= 4 is 55.5 Å². The molecule has 4 aromatic rings. The van der Waals surface area contributed by atoms with E-state index in [4.69, 9.17) is 0 Å². The standard InChI is InChI=1S/C24H24F3N7O2S/c1-32-7-9-34(10-8-32)20(35)13-28-21(36)14-3-6-18-17(11-14)29-22(33(18)2)31-23-30-16-5-4-15(24(25,26)27)12-19(16)37-23/h3-6,11-12H,7-10,13H2,1-2H3,(H,28,36)(H,29,30,31). The SMILES string of the molecule is CN1CCN(C(=O)CNC(=O)c2ccc3c(c2)nc(Nc2nc4ccc(C(F)(F)F)cc4s2)n3C)CC1. The Hall–Kier alpha value is -3.71. The lowest BCUT2D eigenvalue weighted by Crippen LogP contribution is -2.50. The third-order valence-electron chi connectivity index (χ3n) is 6.33. The summed E-state index contributed by atoms with van der Waals surface area (Å²) in [7, 11) is 3.78. The number of carbonyl (C=O) groups is 2. The second-order valence-electron chi connectivity index (χ2n) is 8.89. The van der Waals surface area contributed by atoms with Gasteiger partial charge >= 0.3 is 6.18 Å². The second-order valence-corrected chi connectivity index (χ2v) is 9.92. The van der Waals surface area contributed by atoms with Crippen molar-refractivity contribution in [3.63, 3.8) is 0 Å².